The lowest BCUT2D eigenvalue weighted by Crippen LogP contribution is -2.33. The van der Waals surface area contributed by atoms with Gasteiger partial charge in [0.15, 0.2) is 17.1 Å². The molecule has 1 aromatic carbocycles. The predicted octanol–water partition coefficient (Wildman–Crippen LogP) is 3.75. The third-order valence-electron chi connectivity index (χ3n) is 6.57. The van der Waals surface area contributed by atoms with Gasteiger partial charge in [-0.05, 0) is 63.1 Å². The molecule has 34 heavy (non-hydrogen) atoms. The van der Waals surface area contributed by atoms with E-state index >= 15 is 0 Å². The summed E-state index contributed by atoms with van der Waals surface area (Å²) in [5.74, 6) is 0.492. The summed E-state index contributed by atoms with van der Waals surface area (Å²) >= 11 is 0. The molecule has 1 aliphatic rings. The third-order valence-corrected chi connectivity index (χ3v) is 6.57. The first kappa shape index (κ1) is 20.2. The number of pyridine rings is 1. The molecular weight excluding hydrogens is 430 g/mol. The highest BCUT2D eigenvalue weighted by Crippen LogP contribution is 2.32. The van der Waals surface area contributed by atoms with E-state index in [1.807, 2.05) is 37.5 Å². The largest absolute Gasteiger partial charge is 0.282 e. The molecule has 0 fully saturated rings. The number of amides is 2. The molecule has 0 aliphatic carbocycles. The van der Waals surface area contributed by atoms with E-state index in [-0.39, 0.29) is 11.8 Å². The normalized spacial score (nSPS) is 14.4. The van der Waals surface area contributed by atoms with Crippen LogP contribution < -0.4 is 0 Å². The lowest BCUT2D eigenvalue weighted by Gasteiger charge is -2.19. The van der Waals surface area contributed by atoms with Crippen molar-refractivity contribution in [1.29, 1.82) is 0 Å². The fourth-order valence-corrected chi connectivity index (χ4v) is 4.65. The van der Waals surface area contributed by atoms with Gasteiger partial charge in [-0.2, -0.15) is 0 Å². The molecule has 0 unspecified atom stereocenters. The number of carbonyl (C=O) groups is 2. The summed E-state index contributed by atoms with van der Waals surface area (Å²) in [6.45, 7) is 7.83. The highest BCUT2D eigenvalue weighted by molar-refractivity contribution is 6.21. The van der Waals surface area contributed by atoms with Crippen molar-refractivity contribution in [3.63, 3.8) is 0 Å². The Morgan fingerprint density at radius 1 is 0.912 bits per heavy atom. The van der Waals surface area contributed by atoms with Crippen molar-refractivity contribution < 1.29 is 9.59 Å². The minimum atomic E-state index is -0.635. The Labute approximate surface area is 194 Å². The molecule has 9 heteroatoms. The number of nitrogens with zero attached hydrogens (tertiary/aromatic N) is 7. The molecule has 1 atom stereocenters. The van der Waals surface area contributed by atoms with E-state index in [1.54, 1.807) is 48.2 Å². The van der Waals surface area contributed by atoms with Gasteiger partial charge in [0.05, 0.1) is 22.6 Å². The van der Waals surface area contributed by atoms with Gasteiger partial charge in [0.2, 0.25) is 0 Å². The zero-order chi connectivity index (χ0) is 23.7. The van der Waals surface area contributed by atoms with E-state index in [0.29, 0.717) is 22.6 Å². The lowest BCUT2D eigenvalue weighted by molar-refractivity contribution is 0.0589. The maximum absolute atomic E-state index is 13.0. The summed E-state index contributed by atoms with van der Waals surface area (Å²) < 4.78 is 3.62. The van der Waals surface area contributed by atoms with E-state index < -0.39 is 6.04 Å². The van der Waals surface area contributed by atoms with Crippen LogP contribution in [0.1, 0.15) is 56.3 Å². The molecule has 9 nitrogen and oxygen atoms in total. The number of benzene rings is 1. The maximum atomic E-state index is 13.0. The highest BCUT2D eigenvalue weighted by atomic mass is 16.2. The zero-order valence-corrected chi connectivity index (χ0v) is 19.1. The van der Waals surface area contributed by atoms with Crippen LogP contribution in [0.5, 0.6) is 0 Å². The number of aromatic nitrogens is 6. The van der Waals surface area contributed by atoms with E-state index in [4.69, 9.17) is 4.98 Å². The first-order chi connectivity index (χ1) is 16.4. The van der Waals surface area contributed by atoms with Crippen molar-refractivity contribution in [3.05, 3.63) is 82.7 Å². The molecule has 0 saturated heterocycles. The summed E-state index contributed by atoms with van der Waals surface area (Å²) in [5.41, 5.74) is 5.28. The Morgan fingerprint density at radius 2 is 1.62 bits per heavy atom. The number of imide groups is 1. The molecule has 0 N–H and O–H groups in total. The Kier molecular flexibility index (Phi) is 4.19. The molecule has 0 saturated carbocycles. The molecule has 1 aliphatic heterocycles. The maximum Gasteiger partial charge on any atom is 0.262 e. The van der Waals surface area contributed by atoms with Crippen LogP contribution in [0, 0.1) is 20.8 Å². The highest BCUT2D eigenvalue weighted by Gasteiger charge is 2.40. The smallest absolute Gasteiger partial charge is 0.262 e. The average Bonchev–Trinajstić information content (AvgIpc) is 3.45. The average molecular weight is 451 g/mol. The molecule has 0 radical (unpaired) electrons. The van der Waals surface area contributed by atoms with Crippen molar-refractivity contribution in [2.24, 2.45) is 0 Å². The van der Waals surface area contributed by atoms with Crippen LogP contribution in [0.4, 0.5) is 0 Å². The molecule has 0 spiro atoms. The fraction of sp³-hybridized carbons (Fsp3) is 0.200. The minimum absolute atomic E-state index is 0.334. The van der Waals surface area contributed by atoms with Gasteiger partial charge in [-0.3, -0.25) is 19.1 Å². The van der Waals surface area contributed by atoms with Crippen molar-refractivity contribution in [2.75, 3.05) is 0 Å². The SMILES string of the molecule is Cc1ccnc(-n2c(C)c(C)c3c2ncn2nc([C@@H](C)N4C(=O)c5ccccc5C4=O)nc32)c1. The van der Waals surface area contributed by atoms with Crippen LogP contribution in [0.15, 0.2) is 48.9 Å². The number of hydrogen-bond donors (Lipinski definition) is 0. The fourth-order valence-electron chi connectivity index (χ4n) is 4.65. The molecule has 4 aromatic heterocycles. The number of carbonyl (C=O) groups excluding carboxylic acids is 2. The van der Waals surface area contributed by atoms with Gasteiger partial charge in [-0.15, -0.1) is 5.10 Å². The van der Waals surface area contributed by atoms with Crippen molar-refractivity contribution in [2.45, 2.75) is 33.7 Å². The summed E-state index contributed by atoms with van der Waals surface area (Å²) in [4.78, 5) is 41.1. The lowest BCUT2D eigenvalue weighted by atomic mass is 10.1. The number of aryl methyl sites for hydroxylation is 2. The van der Waals surface area contributed by atoms with Crippen LogP contribution >= 0.6 is 0 Å². The number of hydrogen-bond acceptors (Lipinski definition) is 6. The summed E-state index contributed by atoms with van der Waals surface area (Å²) in [6.07, 6.45) is 3.39. The second-order valence-electron chi connectivity index (χ2n) is 8.62. The topological polar surface area (TPSA) is 98.3 Å². The minimum Gasteiger partial charge on any atom is -0.282 e. The van der Waals surface area contributed by atoms with Crippen molar-refractivity contribution >= 4 is 28.5 Å². The molecular formula is C25H21N7O2. The summed E-state index contributed by atoms with van der Waals surface area (Å²) in [6, 6.07) is 10.2. The summed E-state index contributed by atoms with van der Waals surface area (Å²) in [7, 11) is 0. The van der Waals surface area contributed by atoms with Gasteiger partial charge >= 0.3 is 0 Å². The van der Waals surface area contributed by atoms with Gasteiger partial charge in [0.1, 0.15) is 12.1 Å². The first-order valence-corrected chi connectivity index (χ1v) is 11.0. The van der Waals surface area contributed by atoms with Crippen LogP contribution in [0.2, 0.25) is 0 Å². The molecule has 6 rings (SSSR count). The first-order valence-electron chi connectivity index (χ1n) is 11.0. The molecule has 5 aromatic rings. The van der Waals surface area contributed by atoms with E-state index in [2.05, 4.69) is 15.1 Å². The predicted molar refractivity (Wildman–Crippen MR) is 125 cm³/mol. The number of rotatable bonds is 3. The van der Waals surface area contributed by atoms with Crippen LogP contribution in [0.3, 0.4) is 0 Å². The van der Waals surface area contributed by atoms with Gasteiger partial charge in [-0.25, -0.2) is 19.5 Å². The van der Waals surface area contributed by atoms with Gasteiger partial charge in [0.25, 0.3) is 11.8 Å². The van der Waals surface area contributed by atoms with Gasteiger partial charge < -0.3 is 0 Å². The molecule has 168 valence electrons. The van der Waals surface area contributed by atoms with Crippen molar-refractivity contribution in [3.8, 4) is 5.82 Å². The van der Waals surface area contributed by atoms with Gasteiger partial charge in [-0.1, -0.05) is 12.1 Å². The molecule has 2 amide bonds. The standard InChI is InChI=1S/C25H21N7O2/c1-13-9-10-26-19(11-13)31-15(3)14(2)20-22(31)27-12-30-23(20)28-21(29-30)16(4)32-24(33)17-7-5-6-8-18(17)25(32)34/h5-12,16H,1-4H3/t16-/m1/s1. The third kappa shape index (κ3) is 2.67. The second kappa shape index (κ2) is 7.05. The van der Waals surface area contributed by atoms with Crippen LogP contribution in [0.25, 0.3) is 22.5 Å². The van der Waals surface area contributed by atoms with E-state index in [0.717, 1.165) is 33.7 Å². The Hall–Kier alpha value is -4.40. The van der Waals surface area contributed by atoms with E-state index in [9.17, 15) is 9.59 Å². The number of fused-ring (bicyclic) bond motifs is 4. The van der Waals surface area contributed by atoms with E-state index in [1.165, 1.54) is 4.90 Å². The molecule has 0 bridgehead atoms. The monoisotopic (exact) mass is 451 g/mol. The van der Waals surface area contributed by atoms with Crippen molar-refractivity contribution in [1.82, 2.24) is 34.0 Å². The van der Waals surface area contributed by atoms with Crippen LogP contribution in [-0.4, -0.2) is 45.8 Å². The molecule has 5 heterocycles. The van der Waals surface area contributed by atoms with Gasteiger partial charge in [0, 0.05) is 11.9 Å². The quantitative estimate of drug-likeness (QED) is 0.388. The zero-order valence-electron chi connectivity index (χ0n) is 19.1. The van der Waals surface area contributed by atoms with Crippen LogP contribution in [-0.2, 0) is 0 Å². The second-order valence-corrected chi connectivity index (χ2v) is 8.62. The Balaban J connectivity index is 1.49. The Bertz CT molecular complexity index is 1630. The Morgan fingerprint density at radius 3 is 2.29 bits per heavy atom. The summed E-state index contributed by atoms with van der Waals surface area (Å²) in [5, 5.41) is 5.44.